The molecule has 272 valence electrons. The zero-order valence-electron chi connectivity index (χ0n) is 32.8. The lowest BCUT2D eigenvalue weighted by Crippen LogP contribution is -2.42. The molecule has 0 fully saturated rings. The van der Waals surface area contributed by atoms with Crippen LogP contribution >= 0.6 is 0 Å². The lowest BCUT2D eigenvalue weighted by Gasteiger charge is -2.42. The molecule has 3 nitrogen and oxygen atoms in total. The van der Waals surface area contributed by atoms with Crippen LogP contribution in [0.3, 0.4) is 0 Å². The van der Waals surface area contributed by atoms with Gasteiger partial charge in [-0.15, -0.1) is 0 Å². The summed E-state index contributed by atoms with van der Waals surface area (Å²) in [5.74, 6) is 2.17. The Morgan fingerprint density at radius 2 is 1.35 bits per heavy atom. The Balaban J connectivity index is 1.64. The molecule has 3 aromatic rings. The predicted octanol–water partition coefficient (Wildman–Crippen LogP) is 13.6. The van der Waals surface area contributed by atoms with Gasteiger partial charge in [-0.25, -0.2) is 0 Å². The number of hydrogen-bond acceptors (Lipinski definition) is 3. The van der Waals surface area contributed by atoms with Crippen molar-refractivity contribution < 1.29 is 0 Å². The molecule has 0 saturated carbocycles. The van der Waals surface area contributed by atoms with Gasteiger partial charge < -0.3 is 15.1 Å². The minimum absolute atomic E-state index is 0.252. The number of benzene rings is 3. The van der Waals surface area contributed by atoms with Crippen molar-refractivity contribution >= 4 is 17.1 Å². The SMILES string of the molecule is C=C/C=C\C=C/N(c1ccccc1)c1ccc(CN(/C=C\C=C/C(=C)Nc2c(C(C)C)cccc2C(C)C)C2C(C(C)C)=CC=CC2C(C)C)cc1. The van der Waals surface area contributed by atoms with Crippen molar-refractivity contribution in [2.45, 2.75) is 79.8 Å². The Kier molecular flexibility index (Phi) is 14.9. The van der Waals surface area contributed by atoms with Crippen LogP contribution in [-0.4, -0.2) is 10.9 Å². The molecule has 4 rings (SSSR count). The second-order valence-electron chi connectivity index (χ2n) is 15.0. The Morgan fingerprint density at radius 3 is 1.94 bits per heavy atom. The summed E-state index contributed by atoms with van der Waals surface area (Å²) in [7, 11) is 0. The van der Waals surface area contributed by atoms with Gasteiger partial charge in [-0.1, -0.05) is 160 Å². The summed E-state index contributed by atoms with van der Waals surface area (Å²) in [4.78, 5) is 4.75. The van der Waals surface area contributed by atoms with Gasteiger partial charge in [-0.2, -0.15) is 0 Å². The highest BCUT2D eigenvalue weighted by Crippen LogP contribution is 2.36. The number of hydrogen-bond donors (Lipinski definition) is 1. The van der Waals surface area contributed by atoms with E-state index in [1.807, 2.05) is 18.2 Å². The maximum Gasteiger partial charge on any atom is 0.0571 e. The Morgan fingerprint density at radius 1 is 0.712 bits per heavy atom. The van der Waals surface area contributed by atoms with E-state index in [9.17, 15) is 0 Å². The van der Waals surface area contributed by atoms with E-state index in [2.05, 4.69) is 205 Å². The predicted molar refractivity (Wildman–Crippen MR) is 229 cm³/mol. The van der Waals surface area contributed by atoms with Gasteiger partial charge in [0.25, 0.3) is 0 Å². The van der Waals surface area contributed by atoms with Crippen molar-refractivity contribution in [3.05, 3.63) is 187 Å². The number of para-hydroxylation sites is 2. The summed E-state index contributed by atoms with van der Waals surface area (Å²) in [6, 6.07) is 26.3. The first kappa shape index (κ1) is 39.8. The number of allylic oxidation sites excluding steroid dienone is 9. The third kappa shape index (κ3) is 10.7. The average Bonchev–Trinajstić information content (AvgIpc) is 3.13. The molecule has 0 amide bonds. The molecule has 0 aliphatic heterocycles. The van der Waals surface area contributed by atoms with Gasteiger partial charge in [-0.05, 0) is 94.6 Å². The van der Waals surface area contributed by atoms with Gasteiger partial charge in [0.1, 0.15) is 0 Å². The van der Waals surface area contributed by atoms with Crippen molar-refractivity contribution in [3.8, 4) is 0 Å². The molecule has 3 heteroatoms. The fourth-order valence-electron chi connectivity index (χ4n) is 6.89. The normalized spacial score (nSPS) is 16.3. The summed E-state index contributed by atoms with van der Waals surface area (Å²) >= 11 is 0. The molecule has 3 aromatic carbocycles. The molecule has 1 aliphatic carbocycles. The monoisotopic (exact) mass is 691 g/mol. The van der Waals surface area contributed by atoms with Gasteiger partial charge >= 0.3 is 0 Å². The molecule has 52 heavy (non-hydrogen) atoms. The third-order valence-corrected chi connectivity index (χ3v) is 9.67. The fourth-order valence-corrected chi connectivity index (χ4v) is 6.89. The Hall–Kier alpha value is -5.02. The van der Waals surface area contributed by atoms with Crippen LogP contribution in [-0.2, 0) is 6.54 Å². The minimum Gasteiger partial charge on any atom is -0.366 e. The summed E-state index contributed by atoms with van der Waals surface area (Å²) in [6.07, 6.45) is 25.5. The van der Waals surface area contributed by atoms with Crippen LogP contribution in [0.15, 0.2) is 170 Å². The molecule has 0 bridgehead atoms. The Labute approximate surface area is 315 Å². The van der Waals surface area contributed by atoms with E-state index in [1.54, 1.807) is 6.08 Å². The molecular weight excluding hydrogens is 631 g/mol. The van der Waals surface area contributed by atoms with E-state index < -0.39 is 0 Å². The number of anilines is 3. The van der Waals surface area contributed by atoms with Crippen LogP contribution in [0.25, 0.3) is 0 Å². The lowest BCUT2D eigenvalue weighted by molar-refractivity contribution is 0.205. The number of nitrogens with one attached hydrogen (secondary N) is 1. The van der Waals surface area contributed by atoms with Crippen LogP contribution < -0.4 is 10.2 Å². The quantitative estimate of drug-likeness (QED) is 0.142. The van der Waals surface area contributed by atoms with Gasteiger partial charge in [0.15, 0.2) is 0 Å². The minimum atomic E-state index is 0.252. The zero-order chi connectivity index (χ0) is 37.6. The van der Waals surface area contributed by atoms with E-state index in [4.69, 9.17) is 0 Å². The van der Waals surface area contributed by atoms with Crippen molar-refractivity contribution in [2.75, 3.05) is 10.2 Å². The average molecular weight is 692 g/mol. The van der Waals surface area contributed by atoms with E-state index in [-0.39, 0.29) is 6.04 Å². The fraction of sp³-hybridized carbons (Fsp3) is 0.306. The van der Waals surface area contributed by atoms with E-state index in [0.29, 0.717) is 29.6 Å². The van der Waals surface area contributed by atoms with Crippen molar-refractivity contribution in [3.63, 3.8) is 0 Å². The summed E-state index contributed by atoms with van der Waals surface area (Å²) in [5.41, 5.74) is 9.65. The van der Waals surface area contributed by atoms with Crippen LogP contribution in [0, 0.1) is 17.8 Å². The second kappa shape index (κ2) is 19.6. The molecule has 1 aliphatic rings. The molecule has 0 heterocycles. The van der Waals surface area contributed by atoms with Crippen molar-refractivity contribution in [1.29, 1.82) is 0 Å². The highest BCUT2D eigenvalue weighted by Gasteiger charge is 2.32. The Bertz CT molecular complexity index is 1750. The van der Waals surface area contributed by atoms with E-state index in [0.717, 1.165) is 23.6 Å². The number of rotatable bonds is 17. The van der Waals surface area contributed by atoms with E-state index in [1.165, 1.54) is 28.0 Å². The second-order valence-corrected chi connectivity index (χ2v) is 15.0. The molecule has 0 aromatic heterocycles. The molecule has 2 atom stereocenters. The molecular formula is C49H61N3. The van der Waals surface area contributed by atoms with Crippen molar-refractivity contribution in [1.82, 2.24) is 4.90 Å². The van der Waals surface area contributed by atoms with Gasteiger partial charge in [0.2, 0.25) is 0 Å². The topological polar surface area (TPSA) is 18.5 Å². The maximum absolute atomic E-state index is 4.39. The largest absolute Gasteiger partial charge is 0.366 e. The van der Waals surface area contributed by atoms with E-state index >= 15 is 0 Å². The molecule has 1 N–H and O–H groups in total. The van der Waals surface area contributed by atoms with Crippen molar-refractivity contribution in [2.24, 2.45) is 17.8 Å². The van der Waals surface area contributed by atoms with Crippen LogP contribution in [0.5, 0.6) is 0 Å². The number of nitrogens with zero attached hydrogens (tertiary/aromatic N) is 2. The molecule has 0 spiro atoms. The first-order chi connectivity index (χ1) is 25.0. The highest BCUT2D eigenvalue weighted by atomic mass is 15.1. The first-order valence-electron chi connectivity index (χ1n) is 19.0. The van der Waals surface area contributed by atoms with Gasteiger partial charge in [0, 0.05) is 41.4 Å². The van der Waals surface area contributed by atoms with Gasteiger partial charge in [-0.3, -0.25) is 0 Å². The summed E-state index contributed by atoms with van der Waals surface area (Å²) in [6.45, 7) is 27.3. The summed E-state index contributed by atoms with van der Waals surface area (Å²) < 4.78 is 0. The zero-order valence-corrected chi connectivity index (χ0v) is 32.8. The highest BCUT2D eigenvalue weighted by molar-refractivity contribution is 5.66. The smallest absolute Gasteiger partial charge is 0.0571 e. The molecule has 2 unspecified atom stereocenters. The standard InChI is InChI=1S/C49H61N3/c1-11-12-13-18-34-52(42-23-15-14-16-24-42)43-31-29-41(30-32-43)35-51(49-46(38(6)7)27-21-28-47(49)39(8)9)33-19-17-22-40(10)50-48-44(36(2)3)25-20-26-45(48)37(4)5/h11-34,36-39,46,49-50H,1,10,35H2,2-9H3/b13-12-,22-17-,33-19-,34-18-. The van der Waals surface area contributed by atoms with Crippen LogP contribution in [0.4, 0.5) is 17.1 Å². The lowest BCUT2D eigenvalue weighted by atomic mass is 9.77. The van der Waals surface area contributed by atoms with Gasteiger partial charge in [0.05, 0.1) is 6.04 Å². The van der Waals surface area contributed by atoms with Crippen LogP contribution in [0.1, 0.15) is 83.9 Å². The first-order valence-corrected chi connectivity index (χ1v) is 19.0. The third-order valence-electron chi connectivity index (χ3n) is 9.67. The van der Waals surface area contributed by atoms with Crippen LogP contribution in [0.2, 0.25) is 0 Å². The maximum atomic E-state index is 4.39. The summed E-state index contributed by atoms with van der Waals surface area (Å²) in [5, 5.41) is 3.66. The molecule has 0 radical (unpaired) electrons. The molecule has 0 saturated heterocycles.